The van der Waals surface area contributed by atoms with Crippen LogP contribution in [0.3, 0.4) is 0 Å². The lowest BCUT2D eigenvalue weighted by molar-refractivity contribution is 0.203. The van der Waals surface area contributed by atoms with E-state index in [-0.39, 0.29) is 6.04 Å². The second kappa shape index (κ2) is 7.68. The first-order chi connectivity index (χ1) is 13.1. The molecule has 0 aliphatic rings. The molecule has 0 amide bonds. The maximum Gasteiger partial charge on any atom is 0.257 e. The van der Waals surface area contributed by atoms with Gasteiger partial charge in [0.15, 0.2) is 0 Å². The van der Waals surface area contributed by atoms with E-state index < -0.39 is 0 Å². The molecule has 7 heteroatoms. The fourth-order valence-corrected chi connectivity index (χ4v) is 3.48. The van der Waals surface area contributed by atoms with Crippen molar-refractivity contribution in [3.63, 3.8) is 0 Å². The minimum atomic E-state index is -0.0321. The van der Waals surface area contributed by atoms with Gasteiger partial charge in [-0.15, -0.1) is 21.5 Å². The van der Waals surface area contributed by atoms with Crippen molar-refractivity contribution in [3.8, 4) is 22.1 Å². The molecule has 1 atom stereocenters. The zero-order valence-electron chi connectivity index (χ0n) is 14.9. The van der Waals surface area contributed by atoms with Crippen molar-refractivity contribution >= 4 is 22.9 Å². The Morgan fingerprint density at radius 1 is 1.07 bits per heavy atom. The molecule has 0 aliphatic carbocycles. The molecule has 138 valence electrons. The number of nitrogens with zero attached hydrogens (tertiary/aromatic N) is 3. The number of aromatic nitrogens is 2. The molecule has 1 unspecified atom stereocenters. The van der Waals surface area contributed by atoms with Crippen LogP contribution < -0.4 is 0 Å². The van der Waals surface area contributed by atoms with E-state index in [1.807, 2.05) is 67.9 Å². The molecular weight excluding hydrogens is 382 g/mol. The van der Waals surface area contributed by atoms with E-state index in [0.717, 1.165) is 22.0 Å². The van der Waals surface area contributed by atoms with Gasteiger partial charge in [-0.2, -0.15) is 0 Å². The quantitative estimate of drug-likeness (QED) is 0.403. The van der Waals surface area contributed by atoms with Gasteiger partial charge in [0.2, 0.25) is 5.89 Å². The lowest BCUT2D eigenvalue weighted by atomic mass is 10.2. The molecule has 4 aromatic rings. The van der Waals surface area contributed by atoms with E-state index in [1.165, 1.54) is 0 Å². The molecule has 3 heterocycles. The Morgan fingerprint density at radius 3 is 2.63 bits per heavy atom. The van der Waals surface area contributed by atoms with Gasteiger partial charge in [-0.1, -0.05) is 17.7 Å². The second-order valence-electron chi connectivity index (χ2n) is 6.29. The van der Waals surface area contributed by atoms with Crippen molar-refractivity contribution in [2.45, 2.75) is 19.5 Å². The summed E-state index contributed by atoms with van der Waals surface area (Å²) < 4.78 is 11.8. The molecule has 0 fully saturated rings. The molecule has 0 spiro atoms. The van der Waals surface area contributed by atoms with Gasteiger partial charge in [0, 0.05) is 10.6 Å². The Bertz CT molecular complexity index is 1010. The van der Waals surface area contributed by atoms with Crippen LogP contribution in [0, 0.1) is 0 Å². The highest BCUT2D eigenvalue weighted by atomic mass is 35.5. The third-order valence-electron chi connectivity index (χ3n) is 4.39. The smallest absolute Gasteiger partial charge is 0.257 e. The third kappa shape index (κ3) is 3.98. The van der Waals surface area contributed by atoms with Crippen LogP contribution in [-0.2, 0) is 6.54 Å². The Hall–Kier alpha value is -2.41. The third-order valence-corrected chi connectivity index (χ3v) is 5.50. The molecule has 1 aromatic carbocycles. The van der Waals surface area contributed by atoms with Gasteiger partial charge in [-0.05, 0) is 61.8 Å². The minimum absolute atomic E-state index is 0.0321. The van der Waals surface area contributed by atoms with Gasteiger partial charge in [-0.25, -0.2) is 0 Å². The highest BCUT2D eigenvalue weighted by Gasteiger charge is 2.20. The molecule has 27 heavy (non-hydrogen) atoms. The van der Waals surface area contributed by atoms with E-state index in [0.29, 0.717) is 23.3 Å². The molecule has 0 N–H and O–H groups in total. The normalized spacial score (nSPS) is 12.6. The topological polar surface area (TPSA) is 55.3 Å². The second-order valence-corrected chi connectivity index (χ2v) is 7.67. The van der Waals surface area contributed by atoms with Gasteiger partial charge in [-0.3, -0.25) is 4.90 Å². The maximum atomic E-state index is 5.98. The van der Waals surface area contributed by atoms with Crippen LogP contribution in [0.2, 0.25) is 5.02 Å². The first-order valence-corrected chi connectivity index (χ1v) is 9.78. The van der Waals surface area contributed by atoms with Crippen LogP contribution in [0.25, 0.3) is 22.1 Å². The lowest BCUT2D eigenvalue weighted by Crippen LogP contribution is -2.21. The van der Waals surface area contributed by atoms with Crippen LogP contribution in [0.5, 0.6) is 0 Å². The number of benzene rings is 1. The number of thiophene rings is 1. The fraction of sp³-hybridized carbons (Fsp3) is 0.200. The summed E-state index contributed by atoms with van der Waals surface area (Å²) in [5.74, 6) is 2.83. The first-order valence-electron chi connectivity index (χ1n) is 8.52. The summed E-state index contributed by atoms with van der Waals surface area (Å²) in [5.41, 5.74) is 0.999. The summed E-state index contributed by atoms with van der Waals surface area (Å²) in [6, 6.07) is 15.5. The van der Waals surface area contributed by atoms with Crippen LogP contribution in [0.15, 0.2) is 62.7 Å². The predicted molar refractivity (Wildman–Crippen MR) is 107 cm³/mol. The number of furan rings is 1. The van der Waals surface area contributed by atoms with Crippen molar-refractivity contribution in [1.82, 2.24) is 15.1 Å². The van der Waals surface area contributed by atoms with E-state index in [1.54, 1.807) is 11.3 Å². The molecule has 0 aliphatic heterocycles. The molecule has 5 nitrogen and oxygen atoms in total. The van der Waals surface area contributed by atoms with E-state index in [9.17, 15) is 0 Å². The van der Waals surface area contributed by atoms with Crippen molar-refractivity contribution in [1.29, 1.82) is 0 Å². The average molecular weight is 400 g/mol. The molecular formula is C20H18ClN3O2S. The van der Waals surface area contributed by atoms with Crippen molar-refractivity contribution in [2.24, 2.45) is 0 Å². The molecule has 0 radical (unpaired) electrons. The highest BCUT2D eigenvalue weighted by Crippen LogP contribution is 2.28. The van der Waals surface area contributed by atoms with Crippen molar-refractivity contribution < 1.29 is 8.83 Å². The van der Waals surface area contributed by atoms with Gasteiger partial charge in [0.25, 0.3) is 5.89 Å². The molecule has 3 aromatic heterocycles. The molecule has 0 saturated carbocycles. The Balaban J connectivity index is 1.44. The van der Waals surface area contributed by atoms with Crippen molar-refractivity contribution in [2.75, 3.05) is 7.05 Å². The summed E-state index contributed by atoms with van der Waals surface area (Å²) in [6.07, 6.45) is 0. The predicted octanol–water partition coefficient (Wildman–Crippen LogP) is 5.90. The van der Waals surface area contributed by atoms with E-state index in [4.69, 9.17) is 20.4 Å². The lowest BCUT2D eigenvalue weighted by Gasteiger charge is -2.20. The van der Waals surface area contributed by atoms with Crippen LogP contribution in [0.4, 0.5) is 0 Å². The van der Waals surface area contributed by atoms with Crippen LogP contribution in [0.1, 0.15) is 24.6 Å². The van der Waals surface area contributed by atoms with E-state index >= 15 is 0 Å². The number of halogens is 1. The van der Waals surface area contributed by atoms with Gasteiger partial charge >= 0.3 is 0 Å². The molecule has 0 saturated heterocycles. The van der Waals surface area contributed by atoms with Crippen LogP contribution >= 0.6 is 22.9 Å². The fourth-order valence-electron chi connectivity index (χ4n) is 2.71. The van der Waals surface area contributed by atoms with E-state index in [2.05, 4.69) is 15.1 Å². The number of rotatable bonds is 6. The summed E-state index contributed by atoms with van der Waals surface area (Å²) in [5, 5.41) is 11.1. The summed E-state index contributed by atoms with van der Waals surface area (Å²) >= 11 is 7.52. The minimum Gasteiger partial charge on any atom is -0.460 e. The Labute approximate surface area is 166 Å². The molecule has 0 bridgehead atoms. The number of hydrogen-bond acceptors (Lipinski definition) is 6. The summed E-state index contributed by atoms with van der Waals surface area (Å²) in [4.78, 5) is 3.08. The zero-order chi connectivity index (χ0) is 18.8. The summed E-state index contributed by atoms with van der Waals surface area (Å²) in [6.45, 7) is 2.67. The van der Waals surface area contributed by atoms with Gasteiger partial charge in [0.1, 0.15) is 11.5 Å². The highest BCUT2D eigenvalue weighted by molar-refractivity contribution is 7.13. The first kappa shape index (κ1) is 18.0. The van der Waals surface area contributed by atoms with Gasteiger partial charge in [0.05, 0.1) is 17.5 Å². The van der Waals surface area contributed by atoms with Crippen molar-refractivity contribution in [3.05, 3.63) is 70.6 Å². The largest absolute Gasteiger partial charge is 0.460 e. The SMILES string of the molecule is CC(c1nnc(-c2cccs2)o1)N(C)Cc1ccc(-c2ccc(Cl)cc2)o1. The average Bonchev–Trinajstić information content (AvgIpc) is 3.42. The van der Waals surface area contributed by atoms with Crippen LogP contribution in [-0.4, -0.2) is 22.1 Å². The Morgan fingerprint density at radius 2 is 1.89 bits per heavy atom. The standard InChI is InChI=1S/C20H18ClN3O2S/c1-13(19-22-23-20(26-19)18-4-3-11-27-18)24(2)12-16-9-10-17(25-16)14-5-7-15(21)8-6-14/h3-11,13H,12H2,1-2H3. The zero-order valence-corrected chi connectivity index (χ0v) is 16.5. The Kier molecular flexibility index (Phi) is 5.11. The summed E-state index contributed by atoms with van der Waals surface area (Å²) in [7, 11) is 2.00. The molecule has 4 rings (SSSR count). The number of hydrogen-bond donors (Lipinski definition) is 0. The maximum absolute atomic E-state index is 5.98. The van der Waals surface area contributed by atoms with Gasteiger partial charge < -0.3 is 8.83 Å². The monoisotopic (exact) mass is 399 g/mol.